The number of nitrogens with one attached hydrogen (secondary N) is 2. The maximum Gasteiger partial charge on any atom is 0.323 e. The largest absolute Gasteiger partial charge is 0.379 e. The first-order valence-corrected chi connectivity index (χ1v) is 12.4. The molecule has 5 rings (SSSR count). The minimum absolute atomic E-state index is 0.243. The monoisotopic (exact) mass is 488 g/mol. The van der Waals surface area contributed by atoms with Gasteiger partial charge in [0.05, 0.1) is 38.2 Å². The molecule has 2 aliphatic rings. The van der Waals surface area contributed by atoms with Crippen LogP contribution in [0.3, 0.4) is 0 Å². The molecule has 36 heavy (non-hydrogen) atoms. The highest BCUT2D eigenvalue weighted by atomic mass is 16.5. The molecule has 2 aromatic carbocycles. The van der Waals surface area contributed by atoms with E-state index in [0.29, 0.717) is 24.7 Å². The predicted molar refractivity (Wildman–Crippen MR) is 140 cm³/mol. The minimum Gasteiger partial charge on any atom is -0.379 e. The molecular formula is C27H32N6O3. The van der Waals surface area contributed by atoms with Gasteiger partial charge >= 0.3 is 6.03 Å². The topological polar surface area (TPSA) is 91.9 Å². The van der Waals surface area contributed by atoms with Crippen molar-refractivity contribution >= 4 is 23.2 Å². The molecule has 2 fully saturated rings. The molecule has 2 amide bonds. The third-order valence-corrected chi connectivity index (χ3v) is 6.35. The van der Waals surface area contributed by atoms with Gasteiger partial charge in [-0.15, -0.1) is 0 Å². The Morgan fingerprint density at radius 2 is 1.61 bits per heavy atom. The van der Waals surface area contributed by atoms with Gasteiger partial charge in [0.1, 0.15) is 5.82 Å². The zero-order chi connectivity index (χ0) is 24.7. The number of ether oxygens (including phenoxy) is 2. The summed E-state index contributed by atoms with van der Waals surface area (Å²) in [6, 6.07) is 19.0. The molecule has 2 saturated heterocycles. The van der Waals surface area contributed by atoms with Gasteiger partial charge in [-0.25, -0.2) is 14.8 Å². The summed E-state index contributed by atoms with van der Waals surface area (Å²) in [6.45, 7) is 8.37. The number of aromatic nitrogens is 2. The highest BCUT2D eigenvalue weighted by Crippen LogP contribution is 2.25. The lowest BCUT2D eigenvalue weighted by atomic mass is 10.1. The molecule has 9 nitrogen and oxygen atoms in total. The molecule has 188 valence electrons. The molecule has 1 atom stereocenters. The van der Waals surface area contributed by atoms with Gasteiger partial charge in [-0.2, -0.15) is 0 Å². The van der Waals surface area contributed by atoms with Crippen LogP contribution < -0.4 is 15.5 Å². The highest BCUT2D eigenvalue weighted by Gasteiger charge is 2.22. The van der Waals surface area contributed by atoms with Crippen LogP contribution in [0.5, 0.6) is 0 Å². The predicted octanol–water partition coefficient (Wildman–Crippen LogP) is 3.84. The van der Waals surface area contributed by atoms with Crippen molar-refractivity contribution in [3.63, 3.8) is 0 Å². The normalized spacial score (nSPS) is 18.6. The Morgan fingerprint density at radius 1 is 0.917 bits per heavy atom. The first-order chi connectivity index (χ1) is 17.6. The summed E-state index contributed by atoms with van der Waals surface area (Å²) < 4.78 is 11.1. The Morgan fingerprint density at radius 3 is 2.33 bits per heavy atom. The van der Waals surface area contributed by atoms with Crippen molar-refractivity contribution in [3.8, 4) is 11.4 Å². The minimum atomic E-state index is -0.290. The molecule has 0 saturated carbocycles. The molecule has 0 spiro atoms. The molecule has 2 N–H and O–H groups in total. The van der Waals surface area contributed by atoms with E-state index >= 15 is 0 Å². The average molecular weight is 489 g/mol. The molecule has 0 unspecified atom stereocenters. The summed E-state index contributed by atoms with van der Waals surface area (Å²) in [5.41, 5.74) is 3.32. The molecule has 0 aliphatic carbocycles. The third kappa shape index (κ3) is 6.17. The second-order valence-electron chi connectivity index (χ2n) is 9.07. The molecule has 9 heteroatoms. The van der Waals surface area contributed by atoms with Crippen molar-refractivity contribution < 1.29 is 14.3 Å². The number of para-hydroxylation sites is 1. The molecular weight excluding hydrogens is 456 g/mol. The standard InChI is InChI=1S/C27H32N6O3/c1-20-19-36-16-13-33(20)25-17-24(18-32-11-14-35-15-12-32)28-26(31-25)21-7-9-23(10-8-21)30-27(34)29-22-5-3-2-4-6-22/h2-10,17,20H,11-16,18-19H2,1H3,(H2,29,30,34)/t20-/m0/s1. The second kappa shape index (κ2) is 11.5. The highest BCUT2D eigenvalue weighted by molar-refractivity contribution is 5.99. The molecule has 3 aromatic rings. The second-order valence-corrected chi connectivity index (χ2v) is 9.07. The number of rotatable bonds is 6. The summed E-state index contributed by atoms with van der Waals surface area (Å²) in [5, 5.41) is 5.70. The number of nitrogens with zero attached hydrogens (tertiary/aromatic N) is 4. The first kappa shape index (κ1) is 24.2. The summed E-state index contributed by atoms with van der Waals surface area (Å²) in [7, 11) is 0. The van der Waals surface area contributed by atoms with Crippen molar-refractivity contribution in [3.05, 3.63) is 66.4 Å². The Hall–Kier alpha value is -3.53. The fourth-order valence-corrected chi connectivity index (χ4v) is 4.41. The van der Waals surface area contributed by atoms with E-state index in [9.17, 15) is 4.79 Å². The molecule has 2 aliphatic heterocycles. The van der Waals surface area contributed by atoms with E-state index in [1.54, 1.807) is 0 Å². The van der Waals surface area contributed by atoms with Crippen LogP contribution in [-0.2, 0) is 16.0 Å². The van der Waals surface area contributed by atoms with E-state index in [-0.39, 0.29) is 12.1 Å². The van der Waals surface area contributed by atoms with Gasteiger partial charge in [-0.1, -0.05) is 18.2 Å². The van der Waals surface area contributed by atoms with Crippen molar-refractivity contribution in [1.82, 2.24) is 14.9 Å². The van der Waals surface area contributed by atoms with Crippen LogP contribution in [0, 0.1) is 0 Å². The number of urea groups is 1. The van der Waals surface area contributed by atoms with Gasteiger partial charge in [0.25, 0.3) is 0 Å². The number of carbonyl (C=O) groups excluding carboxylic acids is 1. The van der Waals surface area contributed by atoms with Crippen LogP contribution in [0.4, 0.5) is 22.0 Å². The summed E-state index contributed by atoms with van der Waals surface area (Å²) in [5.74, 6) is 1.60. The molecule has 0 radical (unpaired) electrons. The average Bonchev–Trinajstić information content (AvgIpc) is 2.90. The molecule has 0 bridgehead atoms. The van der Waals surface area contributed by atoms with Crippen molar-refractivity contribution in [2.24, 2.45) is 0 Å². The first-order valence-electron chi connectivity index (χ1n) is 12.4. The fraction of sp³-hybridized carbons (Fsp3) is 0.370. The van der Waals surface area contributed by atoms with Crippen molar-refractivity contribution in [2.75, 3.05) is 61.6 Å². The SMILES string of the molecule is C[C@H]1COCCN1c1cc(CN2CCOCC2)nc(-c2ccc(NC(=O)Nc3ccccc3)cc2)n1. The fourth-order valence-electron chi connectivity index (χ4n) is 4.41. The maximum atomic E-state index is 12.3. The number of hydrogen-bond donors (Lipinski definition) is 2. The Bertz CT molecular complexity index is 1150. The van der Waals surface area contributed by atoms with Crippen LogP contribution in [-0.4, -0.2) is 73.0 Å². The number of carbonyl (C=O) groups is 1. The Kier molecular flexibility index (Phi) is 7.70. The lowest BCUT2D eigenvalue weighted by Crippen LogP contribution is -2.44. The summed E-state index contributed by atoms with van der Waals surface area (Å²) >= 11 is 0. The smallest absolute Gasteiger partial charge is 0.323 e. The number of amides is 2. The van der Waals surface area contributed by atoms with Crippen LogP contribution >= 0.6 is 0 Å². The van der Waals surface area contributed by atoms with Crippen LogP contribution in [0.25, 0.3) is 11.4 Å². The van der Waals surface area contributed by atoms with Crippen LogP contribution in [0.1, 0.15) is 12.6 Å². The van der Waals surface area contributed by atoms with E-state index in [4.69, 9.17) is 19.4 Å². The van der Waals surface area contributed by atoms with Gasteiger partial charge in [0.15, 0.2) is 5.82 Å². The van der Waals surface area contributed by atoms with Gasteiger partial charge < -0.3 is 25.0 Å². The third-order valence-electron chi connectivity index (χ3n) is 6.35. The Labute approximate surface area is 211 Å². The van der Waals surface area contributed by atoms with Crippen LogP contribution in [0.15, 0.2) is 60.7 Å². The maximum absolute atomic E-state index is 12.3. The van der Waals surface area contributed by atoms with E-state index in [1.807, 2.05) is 54.6 Å². The number of hydrogen-bond acceptors (Lipinski definition) is 7. The van der Waals surface area contributed by atoms with E-state index in [2.05, 4.69) is 33.4 Å². The number of morpholine rings is 2. The van der Waals surface area contributed by atoms with Gasteiger partial charge in [0, 0.05) is 49.2 Å². The van der Waals surface area contributed by atoms with E-state index < -0.39 is 0 Å². The zero-order valence-corrected chi connectivity index (χ0v) is 20.5. The van der Waals surface area contributed by atoms with Crippen molar-refractivity contribution in [1.29, 1.82) is 0 Å². The summed E-state index contributed by atoms with van der Waals surface area (Å²) in [4.78, 5) is 26.8. The Balaban J connectivity index is 1.35. The zero-order valence-electron chi connectivity index (χ0n) is 20.5. The number of anilines is 3. The van der Waals surface area contributed by atoms with Gasteiger partial charge in [0.2, 0.25) is 0 Å². The lowest BCUT2D eigenvalue weighted by molar-refractivity contribution is 0.0336. The van der Waals surface area contributed by atoms with Gasteiger partial charge in [-0.05, 0) is 43.3 Å². The van der Waals surface area contributed by atoms with E-state index in [1.165, 1.54) is 0 Å². The molecule has 1 aromatic heterocycles. The van der Waals surface area contributed by atoms with Crippen molar-refractivity contribution in [2.45, 2.75) is 19.5 Å². The lowest BCUT2D eigenvalue weighted by Gasteiger charge is -2.34. The molecule has 3 heterocycles. The quantitative estimate of drug-likeness (QED) is 0.545. The number of benzene rings is 2. The summed E-state index contributed by atoms with van der Waals surface area (Å²) in [6.07, 6.45) is 0. The van der Waals surface area contributed by atoms with E-state index in [0.717, 1.165) is 62.2 Å². The van der Waals surface area contributed by atoms with Crippen LogP contribution in [0.2, 0.25) is 0 Å². The van der Waals surface area contributed by atoms with Gasteiger partial charge in [-0.3, -0.25) is 4.90 Å².